The molecule has 79 heavy (non-hydrogen) atoms. The Bertz CT molecular complexity index is 4070. The van der Waals surface area contributed by atoms with Crippen LogP contribution in [0.4, 0.5) is 0 Å². The normalized spacial score (nSPS) is 10.9. The summed E-state index contributed by atoms with van der Waals surface area (Å²) in [5, 5.41) is 0. The maximum absolute atomic E-state index is 5.21. The van der Waals surface area contributed by atoms with Crippen molar-refractivity contribution in [2.24, 2.45) is 0 Å². The van der Waals surface area contributed by atoms with Crippen molar-refractivity contribution in [3.05, 3.63) is 310 Å². The van der Waals surface area contributed by atoms with Gasteiger partial charge in [-0.1, -0.05) is 227 Å². The number of hydrogen-bond donors (Lipinski definition) is 0. The van der Waals surface area contributed by atoms with E-state index in [0.717, 1.165) is 134 Å². The Labute approximate surface area is 475 Å². The molecule has 0 atom stereocenters. The van der Waals surface area contributed by atoms with E-state index in [1.165, 1.54) is 0 Å². The standard InChI is InChI=1S/C75H48N3.Ir/c1-3-19-52(20-4-1)58-23-17-24-59(47-58)71-51-60(75-34-18-33-74(78-75)55-21-5-2-6-22-55)43-44-70(71)69-30-12-11-29-68(69)63-49-61(66-27-9-7-25-64(66)53-35-39-56(40-36-53)72-31-13-15-45-76-72)48-62(50-63)67-28-10-8-26-65(67)54-37-41-57(42-38-54)73-32-14-16-46-77-73;/h1-39,41,44-51H;/q-3;+3. The average molecular weight is 1180 g/mol. The van der Waals surface area contributed by atoms with Gasteiger partial charge in [0.05, 0.1) is 5.69 Å². The second-order valence-electron chi connectivity index (χ2n) is 19.2. The largest absolute Gasteiger partial charge is 3.00 e. The zero-order valence-corrected chi connectivity index (χ0v) is 45.3. The van der Waals surface area contributed by atoms with Crippen molar-refractivity contribution in [3.63, 3.8) is 0 Å². The topological polar surface area (TPSA) is 38.7 Å². The van der Waals surface area contributed by atoms with Crippen LogP contribution in [0.3, 0.4) is 0 Å². The van der Waals surface area contributed by atoms with Crippen molar-refractivity contribution < 1.29 is 20.1 Å². The van der Waals surface area contributed by atoms with Crippen LogP contribution in [-0.4, -0.2) is 15.0 Å². The molecule has 0 saturated heterocycles. The first-order valence-electron chi connectivity index (χ1n) is 26.2. The van der Waals surface area contributed by atoms with Gasteiger partial charge in [0.25, 0.3) is 0 Å². The third-order valence-electron chi connectivity index (χ3n) is 14.4. The molecule has 3 aromatic heterocycles. The van der Waals surface area contributed by atoms with Gasteiger partial charge in [-0.15, -0.1) is 83.4 Å². The van der Waals surface area contributed by atoms with Gasteiger partial charge in [-0.25, -0.2) is 0 Å². The Hall–Kier alpha value is -9.70. The van der Waals surface area contributed by atoms with Crippen molar-refractivity contribution in [2.45, 2.75) is 0 Å². The number of rotatable bonds is 12. The first-order valence-corrected chi connectivity index (χ1v) is 26.2. The molecule has 13 aromatic rings. The van der Waals surface area contributed by atoms with Crippen molar-refractivity contribution >= 4 is 0 Å². The Morgan fingerprint density at radius 3 is 1.14 bits per heavy atom. The molecule has 3 nitrogen and oxygen atoms in total. The fourth-order valence-electron chi connectivity index (χ4n) is 10.5. The first kappa shape index (κ1) is 50.1. The zero-order chi connectivity index (χ0) is 52.0. The van der Waals surface area contributed by atoms with E-state index in [-0.39, 0.29) is 20.1 Å². The molecule has 4 heteroatoms. The van der Waals surface area contributed by atoms with Crippen LogP contribution in [0.2, 0.25) is 0 Å². The van der Waals surface area contributed by atoms with Gasteiger partial charge in [0, 0.05) is 12.4 Å². The van der Waals surface area contributed by atoms with Crippen LogP contribution in [0.25, 0.3) is 134 Å². The van der Waals surface area contributed by atoms with Crippen molar-refractivity contribution in [2.75, 3.05) is 0 Å². The van der Waals surface area contributed by atoms with Crippen molar-refractivity contribution in [1.82, 2.24) is 15.0 Å². The Morgan fingerprint density at radius 2 is 0.620 bits per heavy atom. The molecule has 0 aliphatic rings. The van der Waals surface area contributed by atoms with Crippen molar-refractivity contribution in [3.8, 4) is 134 Å². The predicted octanol–water partition coefficient (Wildman–Crippen LogP) is 19.3. The molecule has 0 unspecified atom stereocenters. The molecule has 0 bridgehead atoms. The van der Waals surface area contributed by atoms with Gasteiger partial charge in [-0.2, -0.15) is 0 Å². The van der Waals surface area contributed by atoms with E-state index in [0.29, 0.717) is 0 Å². The van der Waals surface area contributed by atoms with Crippen LogP contribution in [0, 0.1) is 18.2 Å². The molecule has 0 N–H and O–H groups in total. The predicted molar refractivity (Wildman–Crippen MR) is 322 cm³/mol. The molecule has 0 spiro atoms. The van der Waals surface area contributed by atoms with Crippen LogP contribution in [0.5, 0.6) is 0 Å². The number of nitrogens with zero attached hydrogens (tertiary/aromatic N) is 3. The molecule has 0 aliphatic carbocycles. The van der Waals surface area contributed by atoms with Crippen molar-refractivity contribution in [1.29, 1.82) is 0 Å². The van der Waals surface area contributed by atoms with E-state index in [1.807, 2.05) is 54.9 Å². The Morgan fingerprint density at radius 1 is 0.215 bits per heavy atom. The summed E-state index contributed by atoms with van der Waals surface area (Å²) < 4.78 is 0. The summed E-state index contributed by atoms with van der Waals surface area (Å²) in [5.74, 6) is 0. The minimum absolute atomic E-state index is 0. The summed E-state index contributed by atoms with van der Waals surface area (Å²) in [6.07, 6.45) is 3.65. The molecule has 372 valence electrons. The molecule has 0 aliphatic heterocycles. The van der Waals surface area contributed by atoms with Gasteiger partial charge in [-0.3, -0.25) is 4.98 Å². The van der Waals surface area contributed by atoms with Crippen LogP contribution < -0.4 is 0 Å². The summed E-state index contributed by atoms with van der Waals surface area (Å²) in [6, 6.07) is 109. The fraction of sp³-hybridized carbons (Fsp3) is 0. The number of pyridine rings is 3. The third-order valence-corrected chi connectivity index (χ3v) is 14.4. The van der Waals surface area contributed by atoms with Gasteiger partial charge in [0.15, 0.2) is 0 Å². The van der Waals surface area contributed by atoms with Crippen LogP contribution >= 0.6 is 0 Å². The van der Waals surface area contributed by atoms with Gasteiger partial charge in [0.1, 0.15) is 0 Å². The molecule has 0 amide bonds. The molecule has 0 fully saturated rings. The van der Waals surface area contributed by atoms with E-state index >= 15 is 0 Å². The van der Waals surface area contributed by atoms with Gasteiger partial charge >= 0.3 is 20.1 Å². The molecular weight excluding hydrogens is 1140 g/mol. The van der Waals surface area contributed by atoms with Gasteiger partial charge in [-0.05, 0) is 115 Å². The Balaban J connectivity index is 0.00000623. The van der Waals surface area contributed by atoms with E-state index in [4.69, 9.17) is 4.98 Å². The SMILES string of the molecule is [Ir+3].[c-]1cc(-c2ccccc2-c2cc(-c3ccccc3-c3c[c-]c(-c4ccccn4)cc3)cc(-c3ccccc3-c3c[c-]c(-c4cccc(-c5ccccc5)n4)cc3-c3cccc(-c4ccccc4)c3)c2)ccc1-c1ccccn1. The van der Waals surface area contributed by atoms with E-state index in [2.05, 4.69) is 265 Å². The fourth-order valence-corrected chi connectivity index (χ4v) is 10.5. The first-order chi connectivity index (χ1) is 38.7. The van der Waals surface area contributed by atoms with E-state index in [1.54, 1.807) is 0 Å². The summed E-state index contributed by atoms with van der Waals surface area (Å²) in [7, 11) is 0. The maximum Gasteiger partial charge on any atom is 3.00 e. The van der Waals surface area contributed by atoms with E-state index < -0.39 is 0 Å². The molecule has 10 aromatic carbocycles. The summed E-state index contributed by atoms with van der Waals surface area (Å²) in [4.78, 5) is 14.4. The molecular formula is C75H48IrN3. The number of benzene rings is 10. The second kappa shape index (κ2) is 22.9. The summed E-state index contributed by atoms with van der Waals surface area (Å²) in [5.41, 5.74) is 25.1. The number of hydrogen-bond acceptors (Lipinski definition) is 3. The zero-order valence-electron chi connectivity index (χ0n) is 42.9. The molecule has 13 rings (SSSR count). The minimum atomic E-state index is 0. The monoisotopic (exact) mass is 1180 g/mol. The van der Waals surface area contributed by atoms with Crippen LogP contribution in [0.15, 0.2) is 291 Å². The second-order valence-corrected chi connectivity index (χ2v) is 19.2. The quantitative estimate of drug-likeness (QED) is 0.114. The Kier molecular flexibility index (Phi) is 14.5. The van der Waals surface area contributed by atoms with Gasteiger partial charge in [0.2, 0.25) is 0 Å². The van der Waals surface area contributed by atoms with Crippen LogP contribution in [-0.2, 0) is 20.1 Å². The minimum Gasteiger partial charge on any atom is -0.305 e. The molecule has 0 saturated carbocycles. The van der Waals surface area contributed by atoms with E-state index in [9.17, 15) is 0 Å². The molecule has 0 radical (unpaired) electrons. The molecule has 3 heterocycles. The number of aromatic nitrogens is 3. The van der Waals surface area contributed by atoms with Gasteiger partial charge < -0.3 is 9.97 Å². The average Bonchev–Trinajstić information content (AvgIpc) is 3.54. The third kappa shape index (κ3) is 10.6. The smallest absolute Gasteiger partial charge is 0.305 e. The summed E-state index contributed by atoms with van der Waals surface area (Å²) in [6.45, 7) is 0. The summed E-state index contributed by atoms with van der Waals surface area (Å²) >= 11 is 0. The maximum atomic E-state index is 5.21. The van der Waals surface area contributed by atoms with Crippen LogP contribution in [0.1, 0.15) is 0 Å².